The Kier molecular flexibility index (Phi) is 61.8. The molecule has 0 radical (unpaired) electrons. The third kappa shape index (κ3) is 52.1. The summed E-state index contributed by atoms with van der Waals surface area (Å²) < 4.78 is 55.7. The highest BCUT2D eigenvalue weighted by atomic mass is 80.9. The molecule has 3 saturated carbocycles. The molecule has 3 aliphatic carbocycles. The molecule has 5 aromatic carbocycles. The molecule has 0 unspecified atom stereocenters. The number of carbonyl (C=O) groups excluding carboxylic acids is 2. The van der Waals surface area contributed by atoms with Gasteiger partial charge in [-0.05, 0) is 216 Å². The minimum Gasteiger partial charge on any atom is -0.542 e. The van der Waals surface area contributed by atoms with Gasteiger partial charge < -0.3 is 79.1 Å². The van der Waals surface area contributed by atoms with Crippen LogP contribution in [-0.2, 0) is 28.6 Å². The number of para-hydroxylation sites is 1. The van der Waals surface area contributed by atoms with Crippen molar-refractivity contribution in [3.05, 3.63) is 186 Å². The fraction of sp³-hybridized carbons (Fsp3) is 0.448. The molecule has 14 rings (SSSR count). The number of anilines is 6. The van der Waals surface area contributed by atoms with E-state index in [1.54, 1.807) is 61.7 Å². The number of ether oxygens (including phenoxy) is 1. The molecule has 10 aromatic rings. The average molecular weight is 2540 g/mol. The number of hydrogen-bond donors (Lipinski definition) is 13. The number of aldehydes is 2. The Morgan fingerprint density at radius 1 is 0.500 bits per heavy atom. The molecule has 0 amide bonds. The van der Waals surface area contributed by atoms with E-state index in [-0.39, 0.29) is 108 Å². The standard InChI is InChI=1S/C14H19BrN2OSi.C11H16BrN3O3S.C10H14BrN3O.C8H5BrN2O.C7H18Si.C6H5BrN2O3.C6H7BrN2O.C6H6N2O3.C6H13NO.C5H10O.C4H2BrFN2.C2H2O2.2CH4.Br2/c1-14(2,3)19(4,5)18-12-9-10(15)8-11-13(12)17-7-6-16-11;1-19(16,17)18-10-4-2-9(3-5-10)15-11-13-6-8(12)7-14-11;11-7-5-12-10(13-6-7)14-8-1-3-9(15)4-2-8;9-5-3-6-8(7(12)4-5)11-2-1-10-6;1-7(2,3)8(4,5)6;7-3-1-4(9(11)12)6(8)5(10)2-3;7-3-1-4(8)6(9)5(10)2-3;7-6-4(8(10)11)2-1-3-5(6)9;7-5-1-3-6(8)4-2-5;1-2-4-6-5-3-1;5-3-1-7-4(6)8-2-3;3-1-2-4;;;1-2/h6-9H,1-5H3;6-7,9-10H,2-5H2,1H3,(H,13,14,15);5-6,8-9,15H,1-4H2,(H,12,13,14);1-4,12H;1-6H3;1-2,10H,8H2;1-2,10H,8-9H2;1-3,9H,7H2;5-6,8H,1-4,7H2;1-5H2;1-2H;1-2H;2*1H4;. The molecule has 136 heavy (non-hydrogen) atoms. The van der Waals surface area contributed by atoms with Gasteiger partial charge in [0.1, 0.15) is 39.8 Å². The van der Waals surface area contributed by atoms with Crippen LogP contribution in [0.4, 0.5) is 50.4 Å². The lowest BCUT2D eigenvalue weighted by Crippen LogP contribution is -2.43. The van der Waals surface area contributed by atoms with Gasteiger partial charge in [-0.2, -0.15) is 12.8 Å². The first-order valence-electron chi connectivity index (χ1n) is 41.2. The Morgan fingerprint density at radius 2 is 0.875 bits per heavy atom. The van der Waals surface area contributed by atoms with Gasteiger partial charge in [-0.25, -0.2) is 39.9 Å². The molecule has 4 fully saturated rings. The first-order valence-corrected chi connectivity index (χ1v) is 58.7. The summed E-state index contributed by atoms with van der Waals surface area (Å²) in [5.41, 5.74) is 29.3. The predicted molar refractivity (Wildman–Crippen MR) is 575 cm³/mol. The fourth-order valence-electron chi connectivity index (χ4n) is 10.6. The van der Waals surface area contributed by atoms with Gasteiger partial charge in [0.15, 0.2) is 23.9 Å². The van der Waals surface area contributed by atoms with E-state index in [2.05, 4.69) is 275 Å². The lowest BCUT2D eigenvalue weighted by Gasteiger charge is -2.36. The second-order valence-corrected chi connectivity index (χ2v) is 52.0. The summed E-state index contributed by atoms with van der Waals surface area (Å²) in [6.45, 7) is 27.4. The van der Waals surface area contributed by atoms with E-state index in [0.29, 0.717) is 54.7 Å². The number of nitro benzene ring substituents is 2. The maximum atomic E-state index is 11.8. The Morgan fingerprint density at radius 3 is 1.25 bits per heavy atom. The van der Waals surface area contributed by atoms with Gasteiger partial charge in [-0.1, -0.05) is 146 Å². The number of rotatable bonds is 11. The third-order valence-corrected chi connectivity index (χ3v) is 32.7. The van der Waals surface area contributed by atoms with E-state index in [9.17, 15) is 43.2 Å². The highest BCUT2D eigenvalue weighted by molar-refractivity contribution is 9.93. The average Bonchev–Trinajstić information content (AvgIpc) is 0.787. The first kappa shape index (κ1) is 128. The van der Waals surface area contributed by atoms with Gasteiger partial charge >= 0.3 is 6.08 Å². The maximum Gasteiger partial charge on any atom is 0.308 e. The van der Waals surface area contributed by atoms with E-state index in [1.807, 2.05) is 18.2 Å². The summed E-state index contributed by atoms with van der Waals surface area (Å²) >= 11 is 28.0. The molecule has 0 spiro atoms. The van der Waals surface area contributed by atoms with E-state index in [1.165, 1.54) is 68.1 Å². The molecule has 1 aliphatic heterocycles. The summed E-state index contributed by atoms with van der Waals surface area (Å²) in [5.74, 6) is 1.67. The number of carbonyl (C=O) groups is 2. The van der Waals surface area contributed by atoms with Crippen molar-refractivity contribution in [3.63, 3.8) is 0 Å². The number of aliphatic hydroxyl groups is 2. The first-order chi connectivity index (χ1) is 62.6. The molecular weight excluding hydrogens is 2410 g/mol. The molecular formula is C87H125Br9FN19O17SSi2. The van der Waals surface area contributed by atoms with E-state index in [0.717, 1.165) is 136 Å². The number of nitro groups is 2. The van der Waals surface area contributed by atoms with E-state index in [4.69, 9.17) is 72.0 Å². The normalized spacial score (nSPS) is 16.3. The number of halogens is 10. The van der Waals surface area contributed by atoms with Gasteiger partial charge in [0.25, 0.3) is 29.8 Å². The number of nitrogens with zero attached hydrogens (tertiary/aromatic N) is 12. The molecule has 1 saturated heterocycles. The lowest BCUT2D eigenvalue weighted by molar-refractivity contribution is -0.384. The highest BCUT2D eigenvalue weighted by Gasteiger charge is 2.40. The van der Waals surface area contributed by atoms with Crippen LogP contribution in [0.5, 0.6) is 28.7 Å². The van der Waals surface area contributed by atoms with Crippen molar-refractivity contribution in [2.45, 2.75) is 232 Å². The Balaban J connectivity index is 0.00000148. The van der Waals surface area contributed by atoms with Crippen LogP contribution in [0.25, 0.3) is 22.1 Å². The number of benzene rings is 5. The van der Waals surface area contributed by atoms with Crippen molar-refractivity contribution in [1.29, 1.82) is 0 Å². The van der Waals surface area contributed by atoms with Crippen LogP contribution in [-0.4, -0.2) is 184 Å². The van der Waals surface area contributed by atoms with Gasteiger partial charge in [0.05, 0.1) is 70.2 Å². The molecule has 4 aliphatic rings. The molecule has 18 N–H and O–H groups in total. The van der Waals surface area contributed by atoms with Gasteiger partial charge in [-0.15, -0.1) is 0 Å². The van der Waals surface area contributed by atoms with Crippen LogP contribution >= 0.6 is 140 Å². The molecule has 0 bridgehead atoms. The number of nitrogens with one attached hydrogen (secondary N) is 2. The summed E-state index contributed by atoms with van der Waals surface area (Å²) in [5, 5.41) is 82.6. The maximum absolute atomic E-state index is 11.8. The molecule has 49 heteroatoms. The zero-order chi connectivity index (χ0) is 101. The number of hydrogen-bond acceptors (Lipinski definition) is 34. The van der Waals surface area contributed by atoms with Crippen LogP contribution in [0.15, 0.2) is 160 Å². The fourth-order valence-corrected chi connectivity index (χ4v) is 14.7. The van der Waals surface area contributed by atoms with E-state index < -0.39 is 42.4 Å². The lowest BCUT2D eigenvalue weighted by atomic mass is 9.93. The molecule has 0 atom stereocenters. The van der Waals surface area contributed by atoms with Crippen molar-refractivity contribution in [2.75, 3.05) is 53.0 Å². The molecule has 36 nitrogen and oxygen atoms in total. The highest BCUT2D eigenvalue weighted by Crippen LogP contribution is 2.41. The van der Waals surface area contributed by atoms with Crippen molar-refractivity contribution in [1.82, 2.24) is 49.8 Å². The smallest absolute Gasteiger partial charge is 0.308 e. The van der Waals surface area contributed by atoms with Crippen LogP contribution in [0.3, 0.4) is 0 Å². The number of aromatic hydroxyl groups is 4. The molecule has 754 valence electrons. The van der Waals surface area contributed by atoms with Gasteiger partial charge in [0, 0.05) is 160 Å². The second kappa shape index (κ2) is 65.4. The number of aliphatic hydroxyl groups excluding tert-OH is 2. The SMILES string of the molecule is BrBr.C.C.C1CCOCC1.CC(C)(C)[Si](C)(C)C.CC(C)(C)[Si](C)(C)Oc1cc(Br)cc2nccnc12.CS(=O)(=O)OC1CCC(Nc2ncc(Br)cn2)CC1.Fc1ncc(Br)cn1.NC1CCC(O)CC1.Nc1c(O)cc(Br)cc1[N+](=O)[O-].Nc1c(O)cccc1[N+](=O)[O-].Nc1cc(Br)cc(O)c1N.O=CC=O.OC1CCC(Nc2ncc(Br)cn2)CC1.Oc1cc(Br)cc2nccnc12. The number of nitrogen functional groups attached to an aromatic ring is 4. The topological polar surface area (TPSA) is 587 Å². The predicted octanol–water partition coefficient (Wildman–Crippen LogP) is 22.9. The summed E-state index contributed by atoms with van der Waals surface area (Å²) in [7, 11) is -6.09. The Labute approximate surface area is 870 Å². The number of fused-ring (bicyclic) bond motifs is 2. The Hall–Kier alpha value is -7.61. The minimum absolute atomic E-state index is 0. The van der Waals surface area contributed by atoms with Crippen molar-refractivity contribution < 1.29 is 76.2 Å². The van der Waals surface area contributed by atoms with Crippen molar-refractivity contribution in [2.24, 2.45) is 5.73 Å². The largest absolute Gasteiger partial charge is 0.542 e. The zero-order valence-corrected chi connectivity index (χ0v) is 93.0. The van der Waals surface area contributed by atoms with Gasteiger partial charge in [-0.3, -0.25) is 44.0 Å². The number of aromatic nitrogens is 10. The van der Waals surface area contributed by atoms with Gasteiger partial charge in [0.2, 0.25) is 11.9 Å². The van der Waals surface area contributed by atoms with Crippen molar-refractivity contribution in [3.8, 4) is 28.7 Å². The monoisotopic (exact) mass is 2530 g/mol. The zero-order valence-electron chi connectivity index (χ0n) is 75.9. The van der Waals surface area contributed by atoms with Crippen molar-refractivity contribution >= 4 is 247 Å². The van der Waals surface area contributed by atoms with Crippen LogP contribution < -0.4 is 43.7 Å². The molecule has 5 aromatic heterocycles. The summed E-state index contributed by atoms with van der Waals surface area (Å²) in [6, 6.07) is 17.9. The number of nitrogens with two attached hydrogens (primary N) is 5. The number of phenolic OH excluding ortho intramolecular Hbond substituents is 4. The second-order valence-electron chi connectivity index (χ2n) is 33.3. The number of phenols is 4. The Bertz CT molecular complexity index is 5250. The summed E-state index contributed by atoms with van der Waals surface area (Å²) in [6.07, 6.45) is 31.1. The van der Waals surface area contributed by atoms with Crippen LogP contribution in [0.2, 0.25) is 42.8 Å². The minimum atomic E-state index is -3.36. The third-order valence-electron chi connectivity index (χ3n) is 20.2. The molecule has 6 heterocycles. The summed E-state index contributed by atoms with van der Waals surface area (Å²) in [4.78, 5) is 76.7. The van der Waals surface area contributed by atoms with Crippen LogP contribution in [0, 0.1) is 26.3 Å². The quantitative estimate of drug-likeness (QED) is 0.00658. The van der Waals surface area contributed by atoms with E-state index >= 15 is 0 Å². The van der Waals surface area contributed by atoms with Crippen LogP contribution in [0.1, 0.15) is 153 Å².